The summed E-state index contributed by atoms with van der Waals surface area (Å²) in [4.78, 5) is 12.1. The zero-order valence-electron chi connectivity index (χ0n) is 13.8. The Morgan fingerprint density at radius 1 is 1.00 bits per heavy atom. The van der Waals surface area contributed by atoms with Gasteiger partial charge in [-0.3, -0.25) is 4.79 Å². The van der Waals surface area contributed by atoms with E-state index in [9.17, 15) is 22.0 Å². The quantitative estimate of drug-likeness (QED) is 0.834. The molecule has 0 aromatic heterocycles. The lowest BCUT2D eigenvalue weighted by Crippen LogP contribution is -2.32. The van der Waals surface area contributed by atoms with Crippen molar-refractivity contribution >= 4 is 21.6 Å². The Balaban J connectivity index is 1.70. The van der Waals surface area contributed by atoms with Gasteiger partial charge in [0.15, 0.2) is 0 Å². The highest BCUT2D eigenvalue weighted by Crippen LogP contribution is 2.21. The minimum Gasteiger partial charge on any atom is -0.322 e. The number of benzene rings is 2. The standard InChI is InChI=1S/C18H18F2N2O3S/c19-12-5-10-16(17(20)11-12)18(23)21-13-6-8-15(9-7-13)26(24,25)22-14-3-1-2-4-14/h5-11,14,22H,1-4H2,(H,21,23). The molecule has 0 heterocycles. The highest BCUT2D eigenvalue weighted by atomic mass is 32.2. The second-order valence-corrected chi connectivity index (χ2v) is 7.92. The molecule has 5 nitrogen and oxygen atoms in total. The number of nitrogens with one attached hydrogen (secondary N) is 2. The largest absolute Gasteiger partial charge is 0.322 e. The molecular formula is C18H18F2N2O3S. The van der Waals surface area contributed by atoms with Crippen LogP contribution in [-0.4, -0.2) is 20.4 Å². The molecule has 0 radical (unpaired) electrons. The van der Waals surface area contributed by atoms with Crippen molar-refractivity contribution in [2.45, 2.75) is 36.6 Å². The molecule has 2 N–H and O–H groups in total. The Morgan fingerprint density at radius 3 is 2.27 bits per heavy atom. The molecule has 138 valence electrons. The zero-order valence-corrected chi connectivity index (χ0v) is 14.7. The molecule has 0 bridgehead atoms. The van der Waals surface area contributed by atoms with Gasteiger partial charge in [-0.05, 0) is 49.2 Å². The third-order valence-corrected chi connectivity index (χ3v) is 5.81. The van der Waals surface area contributed by atoms with E-state index in [2.05, 4.69) is 10.0 Å². The Bertz CT molecular complexity index is 909. The fourth-order valence-corrected chi connectivity index (χ4v) is 4.23. The van der Waals surface area contributed by atoms with E-state index in [0.29, 0.717) is 11.8 Å². The lowest BCUT2D eigenvalue weighted by molar-refractivity contribution is 0.102. The lowest BCUT2D eigenvalue weighted by Gasteiger charge is -2.13. The minimum absolute atomic E-state index is 0.0409. The fraction of sp³-hybridized carbons (Fsp3) is 0.278. The summed E-state index contributed by atoms with van der Waals surface area (Å²) in [5.74, 6) is -2.49. The summed E-state index contributed by atoms with van der Waals surface area (Å²) in [6.45, 7) is 0. The third kappa shape index (κ3) is 4.25. The molecule has 26 heavy (non-hydrogen) atoms. The van der Waals surface area contributed by atoms with Gasteiger partial charge in [0.2, 0.25) is 10.0 Å². The smallest absolute Gasteiger partial charge is 0.258 e. The molecule has 0 spiro atoms. The highest BCUT2D eigenvalue weighted by Gasteiger charge is 2.23. The van der Waals surface area contributed by atoms with Crippen LogP contribution >= 0.6 is 0 Å². The van der Waals surface area contributed by atoms with Crippen LogP contribution in [0, 0.1) is 11.6 Å². The predicted molar refractivity (Wildman–Crippen MR) is 93.3 cm³/mol. The lowest BCUT2D eigenvalue weighted by atomic mass is 10.2. The van der Waals surface area contributed by atoms with Crippen LogP contribution in [0.3, 0.4) is 0 Å². The molecular weight excluding hydrogens is 362 g/mol. The first-order chi connectivity index (χ1) is 12.3. The SMILES string of the molecule is O=C(Nc1ccc(S(=O)(=O)NC2CCCC2)cc1)c1ccc(F)cc1F. The van der Waals surface area contributed by atoms with Gasteiger partial charge in [0, 0.05) is 17.8 Å². The van der Waals surface area contributed by atoms with Gasteiger partial charge in [0.25, 0.3) is 5.91 Å². The molecule has 8 heteroatoms. The summed E-state index contributed by atoms with van der Waals surface area (Å²) in [5.41, 5.74) is 0.00420. The normalized spacial score (nSPS) is 15.2. The number of hydrogen-bond acceptors (Lipinski definition) is 3. The van der Waals surface area contributed by atoms with E-state index in [0.717, 1.165) is 37.8 Å². The molecule has 1 aliphatic rings. The Labute approximate surface area is 150 Å². The van der Waals surface area contributed by atoms with Crippen LogP contribution in [0.4, 0.5) is 14.5 Å². The Kier molecular flexibility index (Phi) is 5.33. The Hall–Kier alpha value is -2.32. The van der Waals surface area contributed by atoms with Crippen LogP contribution in [0.25, 0.3) is 0 Å². The summed E-state index contributed by atoms with van der Waals surface area (Å²) in [6.07, 6.45) is 3.68. The van der Waals surface area contributed by atoms with Crippen molar-refractivity contribution in [3.8, 4) is 0 Å². The predicted octanol–water partition coefficient (Wildman–Crippen LogP) is 3.44. The number of carbonyl (C=O) groups excluding carboxylic acids is 1. The summed E-state index contributed by atoms with van der Waals surface area (Å²) in [6, 6.07) is 8.19. The van der Waals surface area contributed by atoms with Crippen LogP contribution < -0.4 is 10.0 Å². The van der Waals surface area contributed by atoms with Gasteiger partial charge in [-0.25, -0.2) is 21.9 Å². The van der Waals surface area contributed by atoms with Gasteiger partial charge in [-0.1, -0.05) is 12.8 Å². The minimum atomic E-state index is -3.62. The fourth-order valence-electron chi connectivity index (χ4n) is 2.92. The number of rotatable bonds is 5. The molecule has 0 atom stereocenters. The van der Waals surface area contributed by atoms with Gasteiger partial charge in [0.1, 0.15) is 11.6 Å². The van der Waals surface area contributed by atoms with Crippen LogP contribution in [0.2, 0.25) is 0 Å². The van der Waals surface area contributed by atoms with Gasteiger partial charge < -0.3 is 5.32 Å². The average molecular weight is 380 g/mol. The zero-order chi connectivity index (χ0) is 18.7. The molecule has 1 saturated carbocycles. The second kappa shape index (κ2) is 7.51. The van der Waals surface area contributed by atoms with E-state index >= 15 is 0 Å². The maximum atomic E-state index is 13.6. The van der Waals surface area contributed by atoms with Crippen LogP contribution in [0.5, 0.6) is 0 Å². The second-order valence-electron chi connectivity index (χ2n) is 6.21. The van der Waals surface area contributed by atoms with E-state index in [-0.39, 0.29) is 16.5 Å². The summed E-state index contributed by atoms with van der Waals surface area (Å²) < 4.78 is 53.9. The van der Waals surface area contributed by atoms with Gasteiger partial charge >= 0.3 is 0 Å². The first kappa shape index (κ1) is 18.5. The van der Waals surface area contributed by atoms with Crippen LogP contribution in [0.1, 0.15) is 36.0 Å². The first-order valence-corrected chi connectivity index (χ1v) is 9.72. The van der Waals surface area contributed by atoms with Crippen LogP contribution in [-0.2, 0) is 10.0 Å². The molecule has 0 unspecified atom stereocenters. The topological polar surface area (TPSA) is 75.3 Å². The number of anilines is 1. The molecule has 2 aromatic rings. The number of halogens is 2. The van der Waals surface area contributed by atoms with Crippen molar-refractivity contribution in [2.24, 2.45) is 0 Å². The van der Waals surface area contributed by atoms with Crippen molar-refractivity contribution in [1.82, 2.24) is 4.72 Å². The van der Waals surface area contributed by atoms with Crippen molar-refractivity contribution in [3.05, 3.63) is 59.7 Å². The van der Waals surface area contributed by atoms with Crippen molar-refractivity contribution in [2.75, 3.05) is 5.32 Å². The molecule has 1 fully saturated rings. The average Bonchev–Trinajstić information content (AvgIpc) is 3.07. The molecule has 0 aliphatic heterocycles. The maximum absolute atomic E-state index is 13.6. The maximum Gasteiger partial charge on any atom is 0.258 e. The van der Waals surface area contributed by atoms with Crippen molar-refractivity contribution in [3.63, 3.8) is 0 Å². The summed E-state index contributed by atoms with van der Waals surface area (Å²) in [7, 11) is -3.62. The van der Waals surface area contributed by atoms with Crippen molar-refractivity contribution in [1.29, 1.82) is 0 Å². The molecule has 0 saturated heterocycles. The highest BCUT2D eigenvalue weighted by molar-refractivity contribution is 7.89. The van der Waals surface area contributed by atoms with E-state index in [1.165, 1.54) is 24.3 Å². The number of sulfonamides is 1. The van der Waals surface area contributed by atoms with Gasteiger partial charge in [-0.15, -0.1) is 0 Å². The van der Waals surface area contributed by atoms with E-state index in [4.69, 9.17) is 0 Å². The molecule has 1 aliphatic carbocycles. The number of carbonyl (C=O) groups is 1. The molecule has 1 amide bonds. The number of amides is 1. The van der Waals surface area contributed by atoms with E-state index < -0.39 is 27.6 Å². The number of hydrogen-bond donors (Lipinski definition) is 2. The monoisotopic (exact) mass is 380 g/mol. The summed E-state index contributed by atoms with van der Waals surface area (Å²) >= 11 is 0. The van der Waals surface area contributed by atoms with Crippen molar-refractivity contribution < 1.29 is 22.0 Å². The van der Waals surface area contributed by atoms with E-state index in [1.807, 2.05) is 0 Å². The first-order valence-electron chi connectivity index (χ1n) is 8.24. The van der Waals surface area contributed by atoms with E-state index in [1.54, 1.807) is 0 Å². The van der Waals surface area contributed by atoms with Gasteiger partial charge in [0.05, 0.1) is 10.5 Å². The molecule has 3 rings (SSSR count). The third-order valence-electron chi connectivity index (χ3n) is 4.28. The Morgan fingerprint density at radius 2 is 1.65 bits per heavy atom. The molecule has 2 aromatic carbocycles. The summed E-state index contributed by atoms with van der Waals surface area (Å²) in [5, 5.41) is 2.45. The van der Waals surface area contributed by atoms with Crippen LogP contribution in [0.15, 0.2) is 47.4 Å². The van der Waals surface area contributed by atoms with Gasteiger partial charge in [-0.2, -0.15) is 0 Å².